The van der Waals surface area contributed by atoms with Crippen molar-refractivity contribution in [3.8, 4) is 0 Å². The Bertz CT molecular complexity index is 521. The van der Waals surface area contributed by atoms with E-state index in [9.17, 15) is 13.5 Å². The van der Waals surface area contributed by atoms with Crippen molar-refractivity contribution in [2.24, 2.45) is 4.99 Å². The lowest BCUT2D eigenvalue weighted by atomic mass is 10.0. The van der Waals surface area contributed by atoms with Crippen LogP contribution in [0.3, 0.4) is 0 Å². The average Bonchev–Trinajstić information content (AvgIpc) is 2.99. The van der Waals surface area contributed by atoms with Crippen LogP contribution in [0.1, 0.15) is 51.9 Å². The van der Waals surface area contributed by atoms with Gasteiger partial charge in [0.05, 0.1) is 11.4 Å². The maximum atomic E-state index is 12.1. The maximum Gasteiger partial charge on any atom is 0.214 e. The summed E-state index contributed by atoms with van der Waals surface area (Å²) >= 11 is 0. The molecule has 0 spiro atoms. The molecule has 0 unspecified atom stereocenters. The van der Waals surface area contributed by atoms with Gasteiger partial charge in [-0.05, 0) is 32.1 Å². The van der Waals surface area contributed by atoms with E-state index in [4.69, 9.17) is 0 Å². The van der Waals surface area contributed by atoms with Gasteiger partial charge in [0.25, 0.3) is 0 Å². The fourth-order valence-electron chi connectivity index (χ4n) is 3.51. The Kier molecular flexibility index (Phi) is 6.88. The van der Waals surface area contributed by atoms with Gasteiger partial charge in [-0.3, -0.25) is 4.99 Å². The summed E-state index contributed by atoms with van der Waals surface area (Å²) in [6, 6.07) is 0.211. The minimum absolute atomic E-state index is 0.211. The zero-order valence-corrected chi connectivity index (χ0v) is 15.7. The van der Waals surface area contributed by atoms with E-state index in [-0.39, 0.29) is 11.8 Å². The number of aliphatic hydroxyl groups is 1. The first-order valence-electron chi connectivity index (χ1n) is 9.06. The molecule has 1 aliphatic carbocycles. The van der Waals surface area contributed by atoms with E-state index in [1.807, 2.05) is 6.92 Å². The second-order valence-electron chi connectivity index (χ2n) is 6.99. The zero-order chi connectivity index (χ0) is 17.6. The molecule has 3 N–H and O–H groups in total. The van der Waals surface area contributed by atoms with Gasteiger partial charge in [-0.15, -0.1) is 0 Å². The number of piperidine rings is 1. The quantitative estimate of drug-likeness (QED) is 0.478. The van der Waals surface area contributed by atoms with Gasteiger partial charge in [-0.1, -0.05) is 19.8 Å². The molecule has 7 nitrogen and oxygen atoms in total. The van der Waals surface area contributed by atoms with Gasteiger partial charge in [-0.2, -0.15) is 0 Å². The highest BCUT2D eigenvalue weighted by Crippen LogP contribution is 2.28. The van der Waals surface area contributed by atoms with E-state index in [0.29, 0.717) is 32.0 Å². The SMILES string of the molecule is CCCS(=O)(=O)N1CCC(NC(=NC)NCC2(O)CCCC2)CC1. The Morgan fingerprint density at radius 3 is 2.46 bits per heavy atom. The van der Waals surface area contributed by atoms with Gasteiger partial charge >= 0.3 is 0 Å². The number of rotatable bonds is 6. The third kappa shape index (κ3) is 5.32. The van der Waals surface area contributed by atoms with Crippen molar-refractivity contribution >= 4 is 16.0 Å². The van der Waals surface area contributed by atoms with Crippen LogP contribution in [0.5, 0.6) is 0 Å². The Hall–Kier alpha value is -0.860. The average molecular weight is 361 g/mol. The van der Waals surface area contributed by atoms with E-state index in [1.165, 1.54) is 0 Å². The number of guanidine groups is 1. The van der Waals surface area contributed by atoms with E-state index in [2.05, 4.69) is 15.6 Å². The van der Waals surface area contributed by atoms with Crippen molar-refractivity contribution in [1.82, 2.24) is 14.9 Å². The molecular formula is C16H32N4O3S. The Labute approximate surface area is 146 Å². The molecule has 2 aliphatic rings. The van der Waals surface area contributed by atoms with Crippen molar-refractivity contribution in [1.29, 1.82) is 0 Å². The van der Waals surface area contributed by atoms with Crippen LogP contribution in [-0.4, -0.2) is 67.9 Å². The normalized spacial score (nSPS) is 23.4. The molecule has 0 aromatic rings. The lowest BCUT2D eigenvalue weighted by molar-refractivity contribution is 0.0521. The van der Waals surface area contributed by atoms with Crippen molar-refractivity contribution in [3.05, 3.63) is 0 Å². The monoisotopic (exact) mass is 360 g/mol. The zero-order valence-electron chi connectivity index (χ0n) is 14.9. The van der Waals surface area contributed by atoms with Crippen LogP contribution < -0.4 is 10.6 Å². The molecule has 0 radical (unpaired) electrons. The van der Waals surface area contributed by atoms with Gasteiger partial charge in [-0.25, -0.2) is 12.7 Å². The van der Waals surface area contributed by atoms with Crippen LogP contribution >= 0.6 is 0 Å². The Morgan fingerprint density at radius 2 is 1.92 bits per heavy atom. The molecule has 0 bridgehead atoms. The topological polar surface area (TPSA) is 94.0 Å². The summed E-state index contributed by atoms with van der Waals surface area (Å²) in [6.45, 7) is 3.51. The number of hydrogen-bond donors (Lipinski definition) is 3. The number of nitrogens with one attached hydrogen (secondary N) is 2. The molecule has 0 aromatic carbocycles. The molecule has 1 heterocycles. The number of nitrogens with zero attached hydrogens (tertiary/aromatic N) is 2. The van der Waals surface area contributed by atoms with Gasteiger partial charge in [0.2, 0.25) is 10.0 Å². The summed E-state index contributed by atoms with van der Waals surface area (Å²) < 4.78 is 25.8. The molecular weight excluding hydrogens is 328 g/mol. The first-order valence-corrected chi connectivity index (χ1v) is 10.7. The maximum absolute atomic E-state index is 12.1. The fourth-order valence-corrected chi connectivity index (χ4v) is 5.05. The largest absolute Gasteiger partial charge is 0.388 e. The van der Waals surface area contributed by atoms with Crippen molar-refractivity contribution < 1.29 is 13.5 Å². The van der Waals surface area contributed by atoms with Crippen LogP contribution in [0, 0.1) is 0 Å². The molecule has 1 saturated heterocycles. The summed E-state index contributed by atoms with van der Waals surface area (Å²) in [5.74, 6) is 0.914. The van der Waals surface area contributed by atoms with Crippen molar-refractivity contribution in [2.45, 2.75) is 63.5 Å². The van der Waals surface area contributed by atoms with E-state index >= 15 is 0 Å². The molecule has 1 saturated carbocycles. The van der Waals surface area contributed by atoms with Crippen molar-refractivity contribution in [2.75, 3.05) is 32.4 Å². The predicted molar refractivity (Wildman–Crippen MR) is 96.6 cm³/mol. The second-order valence-corrected chi connectivity index (χ2v) is 9.08. The molecule has 140 valence electrons. The Balaban J connectivity index is 1.77. The predicted octanol–water partition coefficient (Wildman–Crippen LogP) is 0.661. The molecule has 2 fully saturated rings. The van der Waals surface area contributed by atoms with Crippen LogP contribution in [0.25, 0.3) is 0 Å². The van der Waals surface area contributed by atoms with E-state index in [0.717, 1.165) is 38.5 Å². The standard InChI is InChI=1S/C16H32N4O3S/c1-3-12-24(22,23)20-10-6-14(7-11-20)19-15(17-2)18-13-16(21)8-4-5-9-16/h14,21H,3-13H2,1-2H3,(H2,17,18,19). The lowest BCUT2D eigenvalue weighted by Crippen LogP contribution is -2.52. The first-order chi connectivity index (χ1) is 11.4. The van der Waals surface area contributed by atoms with Crippen molar-refractivity contribution in [3.63, 3.8) is 0 Å². The first kappa shape index (κ1) is 19.5. The van der Waals surface area contributed by atoms with Crippen LogP contribution in [0.15, 0.2) is 4.99 Å². The smallest absolute Gasteiger partial charge is 0.214 e. The van der Waals surface area contributed by atoms with Crippen LogP contribution in [0.4, 0.5) is 0 Å². The minimum atomic E-state index is -3.09. The summed E-state index contributed by atoms with van der Waals surface area (Å²) in [5, 5.41) is 17.0. The summed E-state index contributed by atoms with van der Waals surface area (Å²) in [4.78, 5) is 4.22. The summed E-state index contributed by atoms with van der Waals surface area (Å²) in [6.07, 6.45) is 6.03. The van der Waals surface area contributed by atoms with Crippen LogP contribution in [-0.2, 0) is 10.0 Å². The summed E-state index contributed by atoms with van der Waals surface area (Å²) in [5.41, 5.74) is -0.616. The molecule has 0 amide bonds. The number of sulfonamides is 1. The van der Waals surface area contributed by atoms with Gasteiger partial charge < -0.3 is 15.7 Å². The van der Waals surface area contributed by atoms with Crippen LogP contribution in [0.2, 0.25) is 0 Å². The molecule has 24 heavy (non-hydrogen) atoms. The third-order valence-corrected chi connectivity index (χ3v) is 7.07. The van der Waals surface area contributed by atoms with E-state index in [1.54, 1.807) is 11.4 Å². The van der Waals surface area contributed by atoms with Gasteiger partial charge in [0, 0.05) is 32.7 Å². The highest BCUT2D eigenvalue weighted by Gasteiger charge is 2.31. The highest BCUT2D eigenvalue weighted by atomic mass is 32.2. The number of aliphatic imine (C=N–C) groups is 1. The molecule has 1 aliphatic heterocycles. The van der Waals surface area contributed by atoms with E-state index < -0.39 is 15.6 Å². The minimum Gasteiger partial charge on any atom is -0.388 e. The molecule has 0 aromatic heterocycles. The fraction of sp³-hybridized carbons (Fsp3) is 0.938. The van der Waals surface area contributed by atoms with Gasteiger partial charge in [0.15, 0.2) is 5.96 Å². The highest BCUT2D eigenvalue weighted by molar-refractivity contribution is 7.89. The Morgan fingerprint density at radius 1 is 1.29 bits per heavy atom. The molecule has 0 atom stereocenters. The molecule has 2 rings (SSSR count). The third-order valence-electron chi connectivity index (χ3n) is 4.99. The summed E-state index contributed by atoms with van der Waals surface area (Å²) in [7, 11) is -1.38. The lowest BCUT2D eigenvalue weighted by Gasteiger charge is -2.33. The van der Waals surface area contributed by atoms with Gasteiger partial charge in [0.1, 0.15) is 0 Å². The number of hydrogen-bond acceptors (Lipinski definition) is 4. The molecule has 8 heteroatoms. The second kappa shape index (κ2) is 8.49.